The van der Waals surface area contributed by atoms with Gasteiger partial charge in [0, 0.05) is 19.0 Å². The standard InChI is InChI=1S/C15H19N3O/c1-11(2)10-15(19)16-9-5-8-14-17-12-6-3-4-7-13(12)18-14/h3-4,6-7,10H,5,8-9H2,1-2H3,(H,16,19)(H,17,18). The number of rotatable bonds is 5. The molecule has 0 radical (unpaired) electrons. The first-order valence-electron chi connectivity index (χ1n) is 6.51. The molecule has 1 amide bonds. The molecule has 19 heavy (non-hydrogen) atoms. The van der Waals surface area contributed by atoms with E-state index in [2.05, 4.69) is 15.3 Å². The third-order valence-electron chi connectivity index (χ3n) is 2.75. The molecule has 0 saturated carbocycles. The number of hydrogen-bond donors (Lipinski definition) is 2. The number of allylic oxidation sites excluding steroid dienone is 1. The van der Waals surface area contributed by atoms with Crippen LogP contribution in [0.25, 0.3) is 11.0 Å². The summed E-state index contributed by atoms with van der Waals surface area (Å²) in [4.78, 5) is 19.2. The van der Waals surface area contributed by atoms with Crippen LogP contribution in [0.5, 0.6) is 0 Å². The van der Waals surface area contributed by atoms with E-state index in [0.717, 1.165) is 35.3 Å². The predicted octanol–water partition coefficient (Wildman–Crippen LogP) is 2.58. The van der Waals surface area contributed by atoms with Gasteiger partial charge in [-0.25, -0.2) is 4.98 Å². The van der Waals surface area contributed by atoms with Crippen molar-refractivity contribution in [3.05, 3.63) is 41.7 Å². The van der Waals surface area contributed by atoms with Gasteiger partial charge in [-0.1, -0.05) is 17.7 Å². The minimum atomic E-state index is -0.0235. The molecule has 0 atom stereocenters. The highest BCUT2D eigenvalue weighted by Gasteiger charge is 2.02. The number of H-pyrrole nitrogens is 1. The van der Waals surface area contributed by atoms with Gasteiger partial charge in [0.05, 0.1) is 11.0 Å². The largest absolute Gasteiger partial charge is 0.353 e. The zero-order chi connectivity index (χ0) is 13.7. The Morgan fingerprint density at radius 3 is 2.89 bits per heavy atom. The first kappa shape index (κ1) is 13.3. The predicted molar refractivity (Wildman–Crippen MR) is 76.9 cm³/mol. The quantitative estimate of drug-likeness (QED) is 0.639. The third-order valence-corrected chi connectivity index (χ3v) is 2.75. The van der Waals surface area contributed by atoms with Crippen LogP contribution in [0.1, 0.15) is 26.1 Å². The molecule has 2 aromatic rings. The molecule has 4 heteroatoms. The highest BCUT2D eigenvalue weighted by molar-refractivity contribution is 5.87. The van der Waals surface area contributed by atoms with Gasteiger partial charge < -0.3 is 10.3 Å². The first-order valence-corrected chi connectivity index (χ1v) is 6.51. The van der Waals surface area contributed by atoms with E-state index in [1.54, 1.807) is 6.08 Å². The van der Waals surface area contributed by atoms with Crippen molar-refractivity contribution in [2.45, 2.75) is 26.7 Å². The second-order valence-corrected chi connectivity index (χ2v) is 4.82. The van der Waals surface area contributed by atoms with Crippen molar-refractivity contribution in [3.8, 4) is 0 Å². The Hall–Kier alpha value is -2.10. The smallest absolute Gasteiger partial charge is 0.243 e. The van der Waals surface area contributed by atoms with Gasteiger partial charge in [-0.15, -0.1) is 0 Å². The first-order chi connectivity index (χ1) is 9.15. The maximum atomic E-state index is 11.4. The van der Waals surface area contributed by atoms with Gasteiger partial charge in [0.15, 0.2) is 0 Å². The molecule has 2 rings (SSSR count). The number of carbonyl (C=O) groups excluding carboxylic acids is 1. The lowest BCUT2D eigenvalue weighted by Gasteiger charge is -2.01. The number of hydrogen-bond acceptors (Lipinski definition) is 2. The Morgan fingerprint density at radius 1 is 1.37 bits per heavy atom. The van der Waals surface area contributed by atoms with Crippen LogP contribution < -0.4 is 5.32 Å². The van der Waals surface area contributed by atoms with Gasteiger partial charge in [0.1, 0.15) is 5.82 Å². The summed E-state index contributed by atoms with van der Waals surface area (Å²) in [6, 6.07) is 7.98. The highest BCUT2D eigenvalue weighted by Crippen LogP contribution is 2.10. The fraction of sp³-hybridized carbons (Fsp3) is 0.333. The lowest BCUT2D eigenvalue weighted by atomic mass is 10.3. The molecule has 0 fully saturated rings. The number of aryl methyl sites for hydroxylation is 1. The van der Waals surface area contributed by atoms with Gasteiger partial charge >= 0.3 is 0 Å². The molecule has 4 nitrogen and oxygen atoms in total. The van der Waals surface area contributed by atoms with Crippen molar-refractivity contribution in [1.29, 1.82) is 0 Å². The number of aromatic amines is 1. The molecule has 1 aromatic carbocycles. The summed E-state index contributed by atoms with van der Waals surface area (Å²) < 4.78 is 0. The minimum absolute atomic E-state index is 0.0235. The molecular formula is C15H19N3O. The van der Waals surface area contributed by atoms with E-state index in [0.29, 0.717) is 6.54 Å². The number of nitrogens with zero attached hydrogens (tertiary/aromatic N) is 1. The van der Waals surface area contributed by atoms with E-state index < -0.39 is 0 Å². The summed E-state index contributed by atoms with van der Waals surface area (Å²) in [6.45, 7) is 4.49. The summed E-state index contributed by atoms with van der Waals surface area (Å²) in [5.74, 6) is 0.947. The number of benzene rings is 1. The fourth-order valence-corrected chi connectivity index (χ4v) is 1.90. The monoisotopic (exact) mass is 257 g/mol. The van der Waals surface area contributed by atoms with Crippen molar-refractivity contribution in [2.24, 2.45) is 0 Å². The Morgan fingerprint density at radius 2 is 2.16 bits per heavy atom. The molecule has 0 spiro atoms. The molecule has 1 aromatic heterocycles. The number of carbonyl (C=O) groups is 1. The van der Waals surface area contributed by atoms with E-state index in [-0.39, 0.29) is 5.91 Å². The minimum Gasteiger partial charge on any atom is -0.353 e. The number of para-hydroxylation sites is 2. The third kappa shape index (κ3) is 3.95. The van der Waals surface area contributed by atoms with E-state index in [9.17, 15) is 4.79 Å². The van der Waals surface area contributed by atoms with Gasteiger partial charge in [0.25, 0.3) is 0 Å². The second-order valence-electron chi connectivity index (χ2n) is 4.82. The molecule has 1 heterocycles. The number of amides is 1. The zero-order valence-corrected chi connectivity index (χ0v) is 11.4. The summed E-state index contributed by atoms with van der Waals surface area (Å²) in [7, 11) is 0. The molecule has 0 unspecified atom stereocenters. The van der Waals surface area contributed by atoms with Crippen LogP contribution >= 0.6 is 0 Å². The molecule has 100 valence electrons. The van der Waals surface area contributed by atoms with Crippen molar-refractivity contribution in [3.63, 3.8) is 0 Å². The maximum absolute atomic E-state index is 11.4. The van der Waals surface area contributed by atoms with Crippen molar-refractivity contribution >= 4 is 16.9 Å². The van der Waals surface area contributed by atoms with Gasteiger partial charge in [-0.2, -0.15) is 0 Å². The van der Waals surface area contributed by atoms with E-state index in [1.165, 1.54) is 0 Å². The molecule has 2 N–H and O–H groups in total. The van der Waals surface area contributed by atoms with Crippen LogP contribution in [0.15, 0.2) is 35.9 Å². The van der Waals surface area contributed by atoms with E-state index in [1.807, 2.05) is 38.1 Å². The summed E-state index contributed by atoms with van der Waals surface area (Å²) in [5, 5.41) is 2.86. The average Bonchev–Trinajstić information content (AvgIpc) is 2.76. The van der Waals surface area contributed by atoms with Gasteiger partial charge in [-0.3, -0.25) is 4.79 Å². The zero-order valence-electron chi connectivity index (χ0n) is 11.4. The Kier molecular flexibility index (Phi) is 4.34. The second kappa shape index (κ2) is 6.18. The molecule has 0 saturated heterocycles. The van der Waals surface area contributed by atoms with E-state index >= 15 is 0 Å². The van der Waals surface area contributed by atoms with Crippen molar-refractivity contribution in [1.82, 2.24) is 15.3 Å². The summed E-state index contributed by atoms with van der Waals surface area (Å²) in [5.41, 5.74) is 3.06. The van der Waals surface area contributed by atoms with Crippen LogP contribution in [0, 0.1) is 0 Å². The number of aromatic nitrogens is 2. The van der Waals surface area contributed by atoms with Crippen LogP contribution in [0.4, 0.5) is 0 Å². The molecular weight excluding hydrogens is 238 g/mol. The topological polar surface area (TPSA) is 57.8 Å². The van der Waals surface area contributed by atoms with Crippen LogP contribution in [-0.4, -0.2) is 22.4 Å². The normalized spacial score (nSPS) is 10.4. The van der Waals surface area contributed by atoms with Crippen molar-refractivity contribution < 1.29 is 4.79 Å². The number of imidazole rings is 1. The fourth-order valence-electron chi connectivity index (χ4n) is 1.90. The van der Waals surface area contributed by atoms with Gasteiger partial charge in [0.2, 0.25) is 5.91 Å². The Bertz CT molecular complexity index is 561. The maximum Gasteiger partial charge on any atom is 0.243 e. The van der Waals surface area contributed by atoms with Crippen molar-refractivity contribution in [2.75, 3.05) is 6.54 Å². The van der Waals surface area contributed by atoms with Gasteiger partial charge in [-0.05, 0) is 32.4 Å². The van der Waals surface area contributed by atoms with Crippen LogP contribution in [0.3, 0.4) is 0 Å². The summed E-state index contributed by atoms with van der Waals surface area (Å²) in [6.07, 6.45) is 3.33. The highest BCUT2D eigenvalue weighted by atomic mass is 16.1. The van der Waals surface area contributed by atoms with E-state index in [4.69, 9.17) is 0 Å². The average molecular weight is 257 g/mol. The Balaban J connectivity index is 1.80. The van der Waals surface area contributed by atoms with Crippen LogP contribution in [0.2, 0.25) is 0 Å². The molecule has 0 aliphatic rings. The summed E-state index contributed by atoms with van der Waals surface area (Å²) >= 11 is 0. The molecule has 0 bridgehead atoms. The lowest BCUT2D eigenvalue weighted by molar-refractivity contribution is -0.116. The molecule has 0 aliphatic heterocycles. The SMILES string of the molecule is CC(C)=CC(=O)NCCCc1nc2ccccc2[nH]1. The lowest BCUT2D eigenvalue weighted by Crippen LogP contribution is -2.22. The Labute approximate surface area is 112 Å². The number of fused-ring (bicyclic) bond motifs is 1. The molecule has 0 aliphatic carbocycles. The van der Waals surface area contributed by atoms with Crippen LogP contribution in [-0.2, 0) is 11.2 Å². The number of nitrogens with one attached hydrogen (secondary N) is 2.